The zero-order valence-electron chi connectivity index (χ0n) is 19.5. The highest BCUT2D eigenvalue weighted by Gasteiger charge is 2.25. The summed E-state index contributed by atoms with van der Waals surface area (Å²) in [6.07, 6.45) is 0. The number of amides is 2. The summed E-state index contributed by atoms with van der Waals surface area (Å²) in [4.78, 5) is 41.4. The van der Waals surface area contributed by atoms with E-state index in [1.165, 1.54) is 11.3 Å². The van der Waals surface area contributed by atoms with Gasteiger partial charge in [0.1, 0.15) is 10.6 Å². The molecule has 0 bridgehead atoms. The smallest absolute Gasteiger partial charge is 0.341 e. The number of likely N-dealkylation sites (N-methyl/N-ethyl adjacent to an activating group) is 1. The van der Waals surface area contributed by atoms with Crippen molar-refractivity contribution in [1.29, 1.82) is 0 Å². The van der Waals surface area contributed by atoms with E-state index in [0.717, 1.165) is 29.8 Å². The van der Waals surface area contributed by atoms with Gasteiger partial charge in [-0.1, -0.05) is 29.8 Å². The normalized spacial score (nSPS) is 14.6. The Balaban J connectivity index is 1.63. The quantitative estimate of drug-likeness (QED) is 0.545. The Morgan fingerprint density at radius 1 is 0.970 bits per heavy atom. The van der Waals surface area contributed by atoms with Crippen molar-refractivity contribution in [3.05, 3.63) is 40.8 Å². The number of benzene rings is 1. The molecule has 0 unspecified atom stereocenters. The number of thiophene rings is 1. The maximum absolute atomic E-state index is 12.8. The van der Waals surface area contributed by atoms with Gasteiger partial charge < -0.3 is 15.4 Å². The average molecular weight is 473 g/mol. The summed E-state index contributed by atoms with van der Waals surface area (Å²) < 4.78 is 5.27. The van der Waals surface area contributed by atoms with Crippen molar-refractivity contribution in [1.82, 2.24) is 15.1 Å². The van der Waals surface area contributed by atoms with E-state index >= 15 is 0 Å². The first-order chi connectivity index (χ1) is 15.9. The predicted octanol–water partition coefficient (Wildman–Crippen LogP) is 2.59. The minimum absolute atomic E-state index is 0.0252. The van der Waals surface area contributed by atoms with Crippen molar-refractivity contribution >= 4 is 34.1 Å². The Morgan fingerprint density at radius 2 is 1.58 bits per heavy atom. The molecule has 3 rings (SSSR count). The molecule has 1 aliphatic heterocycles. The molecule has 0 aliphatic carbocycles. The van der Waals surface area contributed by atoms with Crippen molar-refractivity contribution in [2.45, 2.75) is 20.8 Å². The summed E-state index contributed by atoms with van der Waals surface area (Å²) in [6, 6.07) is 7.91. The summed E-state index contributed by atoms with van der Waals surface area (Å²) >= 11 is 1.33. The zero-order chi connectivity index (χ0) is 23.8. The lowest BCUT2D eigenvalue weighted by Gasteiger charge is -2.33. The first kappa shape index (κ1) is 24.9. The zero-order valence-corrected chi connectivity index (χ0v) is 20.3. The maximum Gasteiger partial charge on any atom is 0.341 e. The van der Waals surface area contributed by atoms with Crippen LogP contribution in [0, 0.1) is 6.92 Å². The van der Waals surface area contributed by atoms with E-state index in [-0.39, 0.29) is 25.0 Å². The number of piperazine rings is 1. The Kier molecular flexibility index (Phi) is 8.99. The molecule has 0 saturated carbocycles. The number of nitrogens with zero attached hydrogens (tertiary/aromatic N) is 2. The van der Waals surface area contributed by atoms with Gasteiger partial charge in [0.15, 0.2) is 0 Å². The summed E-state index contributed by atoms with van der Waals surface area (Å²) in [6.45, 7) is 10.0. The Hall–Kier alpha value is -2.75. The monoisotopic (exact) mass is 472 g/mol. The van der Waals surface area contributed by atoms with Crippen molar-refractivity contribution in [3.63, 3.8) is 0 Å². The van der Waals surface area contributed by atoms with Crippen molar-refractivity contribution in [2.24, 2.45) is 0 Å². The molecule has 2 N–H and O–H groups in total. The fraction of sp³-hybridized carbons (Fsp3) is 0.458. The number of nitrogens with one attached hydrogen (secondary N) is 2. The molecule has 33 heavy (non-hydrogen) atoms. The predicted molar refractivity (Wildman–Crippen MR) is 131 cm³/mol. The van der Waals surface area contributed by atoms with Crippen LogP contribution < -0.4 is 10.6 Å². The Labute approximate surface area is 198 Å². The van der Waals surface area contributed by atoms with Crippen LogP contribution in [-0.2, 0) is 14.3 Å². The number of rotatable bonds is 9. The van der Waals surface area contributed by atoms with E-state index in [2.05, 4.69) is 20.4 Å². The van der Waals surface area contributed by atoms with Gasteiger partial charge in [-0.05, 0) is 26.3 Å². The number of ether oxygens (including phenoxy) is 1. The van der Waals surface area contributed by atoms with Gasteiger partial charge in [-0.2, -0.15) is 0 Å². The van der Waals surface area contributed by atoms with Crippen molar-refractivity contribution in [2.75, 3.05) is 57.7 Å². The van der Waals surface area contributed by atoms with Crippen LogP contribution in [0.5, 0.6) is 0 Å². The van der Waals surface area contributed by atoms with Gasteiger partial charge in [0, 0.05) is 43.7 Å². The molecular weight excluding hydrogens is 440 g/mol. The van der Waals surface area contributed by atoms with E-state index in [4.69, 9.17) is 4.74 Å². The van der Waals surface area contributed by atoms with Gasteiger partial charge in [0.05, 0.1) is 19.7 Å². The Morgan fingerprint density at radius 3 is 2.15 bits per heavy atom. The number of anilines is 1. The number of hydrogen-bond donors (Lipinski definition) is 2. The largest absolute Gasteiger partial charge is 0.462 e. The molecule has 9 heteroatoms. The Bertz CT molecular complexity index is 965. The van der Waals surface area contributed by atoms with Gasteiger partial charge in [-0.15, -0.1) is 11.3 Å². The minimum Gasteiger partial charge on any atom is -0.462 e. The maximum atomic E-state index is 12.8. The van der Waals surface area contributed by atoms with E-state index in [0.29, 0.717) is 36.7 Å². The highest BCUT2D eigenvalue weighted by Crippen LogP contribution is 2.36. The molecule has 8 nitrogen and oxygen atoms in total. The molecule has 178 valence electrons. The topological polar surface area (TPSA) is 91.0 Å². The number of carbonyl (C=O) groups excluding carboxylic acids is 3. The molecule has 2 amide bonds. The van der Waals surface area contributed by atoms with Gasteiger partial charge in [-0.25, -0.2) is 4.79 Å². The third kappa shape index (κ3) is 6.86. The third-order valence-corrected chi connectivity index (χ3v) is 6.35. The average Bonchev–Trinajstić information content (AvgIpc) is 3.19. The minimum atomic E-state index is -0.441. The molecule has 0 atom stereocenters. The fourth-order valence-corrected chi connectivity index (χ4v) is 4.71. The van der Waals surface area contributed by atoms with Crippen LogP contribution in [0.1, 0.15) is 29.8 Å². The number of carbonyl (C=O) groups is 3. The molecule has 2 aromatic rings. The van der Waals surface area contributed by atoms with Crippen LogP contribution in [0.3, 0.4) is 0 Å². The van der Waals surface area contributed by atoms with Crippen molar-refractivity contribution in [3.8, 4) is 11.1 Å². The lowest BCUT2D eigenvalue weighted by atomic mass is 10.0. The second-order valence-corrected chi connectivity index (χ2v) is 8.87. The first-order valence-corrected chi connectivity index (χ1v) is 12.2. The van der Waals surface area contributed by atoms with Crippen LogP contribution in [-0.4, -0.2) is 80.0 Å². The van der Waals surface area contributed by atoms with Crippen LogP contribution in [0.15, 0.2) is 29.6 Å². The molecule has 1 aromatic heterocycles. The molecule has 0 spiro atoms. The van der Waals surface area contributed by atoms with Crippen LogP contribution in [0.4, 0.5) is 5.00 Å². The number of esters is 1. The number of aryl methyl sites for hydroxylation is 1. The second kappa shape index (κ2) is 11.9. The highest BCUT2D eigenvalue weighted by atomic mass is 32.1. The third-order valence-electron chi connectivity index (χ3n) is 5.46. The van der Waals surface area contributed by atoms with Gasteiger partial charge in [0.2, 0.25) is 11.8 Å². The van der Waals surface area contributed by atoms with E-state index in [1.807, 2.05) is 43.5 Å². The second-order valence-electron chi connectivity index (χ2n) is 7.99. The summed E-state index contributed by atoms with van der Waals surface area (Å²) in [5.41, 5.74) is 3.19. The van der Waals surface area contributed by atoms with E-state index in [9.17, 15) is 14.4 Å². The summed E-state index contributed by atoms with van der Waals surface area (Å²) in [5, 5.41) is 8.11. The molecule has 1 aromatic carbocycles. The highest BCUT2D eigenvalue weighted by molar-refractivity contribution is 7.15. The molecule has 0 radical (unpaired) electrons. The molecule has 1 saturated heterocycles. The van der Waals surface area contributed by atoms with Gasteiger partial charge in [-0.3, -0.25) is 19.4 Å². The molecule has 1 fully saturated rings. The SMILES string of the molecule is CCNC(=O)CN1CCN(CC(=O)Nc2scc(-c3ccc(C)cc3)c2C(=O)OCC)CC1. The van der Waals surface area contributed by atoms with Crippen molar-refractivity contribution < 1.29 is 19.1 Å². The lowest BCUT2D eigenvalue weighted by molar-refractivity contribution is -0.123. The van der Waals surface area contributed by atoms with Crippen LogP contribution in [0.2, 0.25) is 0 Å². The molecule has 1 aliphatic rings. The summed E-state index contributed by atoms with van der Waals surface area (Å²) in [7, 11) is 0. The fourth-order valence-electron chi connectivity index (χ4n) is 3.73. The first-order valence-electron chi connectivity index (χ1n) is 11.3. The van der Waals surface area contributed by atoms with Gasteiger partial charge in [0.25, 0.3) is 0 Å². The summed E-state index contributed by atoms with van der Waals surface area (Å²) in [5.74, 6) is -0.587. The van der Waals surface area contributed by atoms with E-state index < -0.39 is 5.97 Å². The van der Waals surface area contributed by atoms with E-state index in [1.54, 1.807) is 6.92 Å². The molecule has 2 heterocycles. The van der Waals surface area contributed by atoms with Gasteiger partial charge >= 0.3 is 5.97 Å². The molecular formula is C24H32N4O4S. The number of hydrogen-bond acceptors (Lipinski definition) is 7. The standard InChI is InChI=1S/C24H32N4O4S/c1-4-25-20(29)14-27-10-12-28(13-11-27)15-21(30)26-23-22(24(31)32-5-2)19(16-33-23)18-8-6-17(3)7-9-18/h6-9,16H,4-5,10-15H2,1-3H3,(H,25,29)(H,26,30). The van der Waals surface area contributed by atoms with Crippen LogP contribution in [0.25, 0.3) is 11.1 Å². The lowest BCUT2D eigenvalue weighted by Crippen LogP contribution is -2.51. The van der Waals surface area contributed by atoms with Crippen LogP contribution >= 0.6 is 11.3 Å².